The summed E-state index contributed by atoms with van der Waals surface area (Å²) < 4.78 is 2.07. The van der Waals surface area contributed by atoms with E-state index in [1.54, 1.807) is 0 Å². The summed E-state index contributed by atoms with van der Waals surface area (Å²) in [6.45, 7) is 12.4. The molecule has 114 valence electrons. The number of hydrogen-bond donors (Lipinski definition) is 1. The maximum Gasteiger partial charge on any atom is 0.220 e. The minimum atomic E-state index is 0.147. The Morgan fingerprint density at radius 1 is 1.35 bits per heavy atom. The predicted octanol–water partition coefficient (Wildman–Crippen LogP) is 3.00. The van der Waals surface area contributed by atoms with Crippen LogP contribution in [0.15, 0.2) is 0 Å². The Morgan fingerprint density at radius 3 is 2.65 bits per heavy atom. The van der Waals surface area contributed by atoms with E-state index in [-0.39, 0.29) is 5.91 Å². The van der Waals surface area contributed by atoms with E-state index in [9.17, 15) is 4.79 Å². The second-order valence-electron chi connectivity index (χ2n) is 5.93. The van der Waals surface area contributed by atoms with E-state index in [1.165, 1.54) is 11.3 Å². The van der Waals surface area contributed by atoms with Crippen LogP contribution in [0.1, 0.15) is 57.0 Å². The molecule has 0 radical (unpaired) electrons. The first kappa shape index (κ1) is 16.7. The molecule has 1 amide bonds. The summed E-state index contributed by atoms with van der Waals surface area (Å²) in [7, 11) is 0. The van der Waals surface area contributed by atoms with Gasteiger partial charge in [0.05, 0.1) is 5.69 Å². The second-order valence-corrected chi connectivity index (χ2v) is 5.93. The van der Waals surface area contributed by atoms with Gasteiger partial charge in [-0.05, 0) is 38.2 Å². The highest BCUT2D eigenvalue weighted by molar-refractivity contribution is 5.76. The number of rotatable bonds is 8. The largest absolute Gasteiger partial charge is 0.356 e. The van der Waals surface area contributed by atoms with Crippen molar-refractivity contribution < 1.29 is 4.79 Å². The summed E-state index contributed by atoms with van der Waals surface area (Å²) in [5, 5.41) is 7.55. The molecular formula is C16H29N3O. The lowest BCUT2D eigenvalue weighted by Gasteiger charge is -2.08. The van der Waals surface area contributed by atoms with Crippen molar-refractivity contribution in [2.75, 3.05) is 6.54 Å². The SMILES string of the molecule is CCCCNC(=O)CCc1c(C)nn(CC(C)C)c1C. The number of amides is 1. The predicted molar refractivity (Wildman–Crippen MR) is 82.8 cm³/mol. The highest BCUT2D eigenvalue weighted by Crippen LogP contribution is 2.16. The Bertz CT molecular complexity index is 435. The van der Waals surface area contributed by atoms with Crippen molar-refractivity contribution in [3.63, 3.8) is 0 Å². The zero-order valence-corrected chi connectivity index (χ0v) is 13.6. The summed E-state index contributed by atoms with van der Waals surface area (Å²) in [4.78, 5) is 11.8. The smallest absolute Gasteiger partial charge is 0.220 e. The third kappa shape index (κ3) is 4.99. The Kier molecular flexibility index (Phi) is 6.76. The van der Waals surface area contributed by atoms with Gasteiger partial charge in [-0.25, -0.2) is 0 Å². The molecule has 1 rings (SSSR count). The normalized spacial score (nSPS) is 11.1. The third-order valence-electron chi connectivity index (χ3n) is 3.52. The van der Waals surface area contributed by atoms with Crippen LogP contribution in [0.25, 0.3) is 0 Å². The first-order valence-corrected chi connectivity index (χ1v) is 7.75. The summed E-state index contributed by atoms with van der Waals surface area (Å²) >= 11 is 0. The fourth-order valence-corrected chi connectivity index (χ4v) is 2.35. The van der Waals surface area contributed by atoms with Crippen LogP contribution in [0.3, 0.4) is 0 Å². The molecular weight excluding hydrogens is 250 g/mol. The fourth-order valence-electron chi connectivity index (χ4n) is 2.35. The molecule has 0 spiro atoms. The number of carbonyl (C=O) groups is 1. The molecule has 0 aliphatic rings. The van der Waals surface area contributed by atoms with E-state index in [4.69, 9.17) is 0 Å². The van der Waals surface area contributed by atoms with Crippen molar-refractivity contribution in [3.05, 3.63) is 17.0 Å². The number of nitrogens with zero attached hydrogens (tertiary/aromatic N) is 2. The van der Waals surface area contributed by atoms with Crippen LogP contribution in [0.4, 0.5) is 0 Å². The van der Waals surface area contributed by atoms with Crippen molar-refractivity contribution in [1.82, 2.24) is 15.1 Å². The van der Waals surface area contributed by atoms with Crippen molar-refractivity contribution >= 4 is 5.91 Å². The van der Waals surface area contributed by atoms with Gasteiger partial charge in [-0.1, -0.05) is 27.2 Å². The number of carbonyl (C=O) groups excluding carboxylic acids is 1. The zero-order chi connectivity index (χ0) is 15.1. The third-order valence-corrected chi connectivity index (χ3v) is 3.52. The number of hydrogen-bond acceptors (Lipinski definition) is 2. The molecule has 1 aromatic rings. The summed E-state index contributed by atoms with van der Waals surface area (Å²) in [5.74, 6) is 0.729. The summed E-state index contributed by atoms with van der Waals surface area (Å²) in [6.07, 6.45) is 3.50. The van der Waals surface area contributed by atoms with Crippen molar-refractivity contribution in [2.45, 2.75) is 66.8 Å². The Labute approximate surface area is 122 Å². The van der Waals surface area contributed by atoms with Gasteiger partial charge >= 0.3 is 0 Å². The van der Waals surface area contributed by atoms with Crippen LogP contribution >= 0.6 is 0 Å². The number of aryl methyl sites for hydroxylation is 1. The standard InChI is InChI=1S/C16H29N3O/c1-6-7-10-17-16(20)9-8-15-13(4)18-19(14(15)5)11-12(2)3/h12H,6-11H2,1-5H3,(H,17,20). The van der Waals surface area contributed by atoms with Crippen LogP contribution in [-0.4, -0.2) is 22.2 Å². The van der Waals surface area contributed by atoms with Crippen LogP contribution in [0.5, 0.6) is 0 Å². The molecule has 0 saturated heterocycles. The average molecular weight is 279 g/mol. The minimum absolute atomic E-state index is 0.147. The first-order valence-electron chi connectivity index (χ1n) is 7.75. The second kappa shape index (κ2) is 8.08. The molecule has 4 nitrogen and oxygen atoms in total. The lowest BCUT2D eigenvalue weighted by Crippen LogP contribution is -2.24. The quantitative estimate of drug-likeness (QED) is 0.744. The molecule has 1 heterocycles. The van der Waals surface area contributed by atoms with Crippen molar-refractivity contribution in [3.8, 4) is 0 Å². The molecule has 0 fully saturated rings. The van der Waals surface area contributed by atoms with Crippen LogP contribution in [0.2, 0.25) is 0 Å². The Hall–Kier alpha value is -1.32. The van der Waals surface area contributed by atoms with E-state index in [0.717, 1.165) is 38.0 Å². The number of nitrogens with one attached hydrogen (secondary N) is 1. The number of unbranched alkanes of at least 4 members (excludes halogenated alkanes) is 1. The van der Waals surface area contributed by atoms with Gasteiger partial charge in [0.2, 0.25) is 5.91 Å². The van der Waals surface area contributed by atoms with Gasteiger partial charge in [-0.2, -0.15) is 5.10 Å². The lowest BCUT2D eigenvalue weighted by molar-refractivity contribution is -0.121. The van der Waals surface area contributed by atoms with Gasteiger partial charge in [-0.3, -0.25) is 9.48 Å². The summed E-state index contributed by atoms with van der Waals surface area (Å²) in [5.41, 5.74) is 3.50. The van der Waals surface area contributed by atoms with E-state index in [1.807, 2.05) is 6.92 Å². The summed E-state index contributed by atoms with van der Waals surface area (Å²) in [6, 6.07) is 0. The molecule has 0 aliphatic carbocycles. The van der Waals surface area contributed by atoms with Gasteiger partial charge in [0.25, 0.3) is 0 Å². The molecule has 0 atom stereocenters. The monoisotopic (exact) mass is 279 g/mol. The van der Waals surface area contributed by atoms with Crippen molar-refractivity contribution in [2.24, 2.45) is 5.92 Å². The molecule has 20 heavy (non-hydrogen) atoms. The van der Waals surface area contributed by atoms with E-state index in [0.29, 0.717) is 12.3 Å². The molecule has 0 aromatic carbocycles. The molecule has 0 aliphatic heterocycles. The van der Waals surface area contributed by atoms with Gasteiger partial charge in [-0.15, -0.1) is 0 Å². The van der Waals surface area contributed by atoms with Gasteiger partial charge in [0.15, 0.2) is 0 Å². The molecule has 0 unspecified atom stereocenters. The van der Waals surface area contributed by atoms with Gasteiger partial charge < -0.3 is 5.32 Å². The van der Waals surface area contributed by atoms with Gasteiger partial charge in [0.1, 0.15) is 0 Å². The lowest BCUT2D eigenvalue weighted by atomic mass is 10.1. The number of aromatic nitrogens is 2. The molecule has 1 aromatic heterocycles. The van der Waals surface area contributed by atoms with E-state index < -0.39 is 0 Å². The van der Waals surface area contributed by atoms with Crippen molar-refractivity contribution in [1.29, 1.82) is 0 Å². The fraction of sp³-hybridized carbons (Fsp3) is 0.750. The maximum absolute atomic E-state index is 11.8. The molecule has 1 N–H and O–H groups in total. The molecule has 0 saturated carbocycles. The zero-order valence-electron chi connectivity index (χ0n) is 13.6. The topological polar surface area (TPSA) is 46.9 Å². The highest BCUT2D eigenvalue weighted by atomic mass is 16.1. The van der Waals surface area contributed by atoms with Crippen LogP contribution in [-0.2, 0) is 17.8 Å². The minimum Gasteiger partial charge on any atom is -0.356 e. The van der Waals surface area contributed by atoms with E-state index >= 15 is 0 Å². The van der Waals surface area contributed by atoms with E-state index in [2.05, 4.69) is 42.8 Å². The Balaban J connectivity index is 2.55. The van der Waals surface area contributed by atoms with Crippen LogP contribution < -0.4 is 5.32 Å². The highest BCUT2D eigenvalue weighted by Gasteiger charge is 2.13. The van der Waals surface area contributed by atoms with Gasteiger partial charge in [0, 0.05) is 25.2 Å². The first-order chi connectivity index (χ1) is 9.45. The molecule has 0 bridgehead atoms. The van der Waals surface area contributed by atoms with Crippen LogP contribution in [0, 0.1) is 19.8 Å². The average Bonchev–Trinajstić information content (AvgIpc) is 2.62. The Morgan fingerprint density at radius 2 is 2.05 bits per heavy atom. The molecule has 4 heteroatoms. The maximum atomic E-state index is 11.8.